The summed E-state index contributed by atoms with van der Waals surface area (Å²) < 4.78 is 0. The van der Waals surface area contributed by atoms with Gasteiger partial charge < -0.3 is 30.2 Å². The van der Waals surface area contributed by atoms with Crippen molar-refractivity contribution >= 4 is 47.6 Å². The van der Waals surface area contributed by atoms with Gasteiger partial charge in [-0.1, -0.05) is 283 Å². The Morgan fingerprint density at radius 3 is 0.609 bits per heavy atom. The van der Waals surface area contributed by atoms with Crippen molar-refractivity contribution in [2.24, 2.45) is 20.0 Å². The smallest absolute Gasteiger partial charge is 0.872 e. The number of nitrogens with zero attached hydrogens (tertiary/aromatic N) is 6. The van der Waals surface area contributed by atoms with E-state index in [9.17, 15) is 20.4 Å². The standard InChI is InChI=1S/2C28H32N2O2.2C12H27N.2Zn/c2*1-27(2,3)21-13-9-11-19(25(21)31)17-29-23-15-7-8-16-24(23)30-18-20-12-10-14-22(26(20)32)28(4,5)6;2*1-4-7-10-13(11-8-5-2)12-9-6-3;;/h2*7-18,31-32H,1-6H3;2*4-12H2,1-3H3;;/q;;;;2*+2/p-4. The summed E-state index contributed by atoms with van der Waals surface area (Å²) in [4.78, 5) is 23.4. The maximum absolute atomic E-state index is 12.8. The maximum Gasteiger partial charge on any atom is 2.00 e. The Bertz CT molecular complexity index is 2730. The van der Waals surface area contributed by atoms with Gasteiger partial charge in [0.25, 0.3) is 0 Å². The van der Waals surface area contributed by atoms with E-state index in [2.05, 4.69) is 71.3 Å². The fraction of sp³-hybridized carbons (Fsp3) is 0.500. The third-order valence-electron chi connectivity index (χ3n) is 15.5. The molecular weight excluding hydrogens is 1240 g/mol. The van der Waals surface area contributed by atoms with Gasteiger partial charge in [-0.15, -0.1) is 0 Å². The summed E-state index contributed by atoms with van der Waals surface area (Å²) in [5.41, 5.74) is 6.76. The quantitative estimate of drug-likeness (QED) is 0.0390. The molecule has 92 heavy (non-hydrogen) atoms. The van der Waals surface area contributed by atoms with Gasteiger partial charge in [-0.3, -0.25) is 20.0 Å². The van der Waals surface area contributed by atoms with Crippen LogP contribution >= 0.6 is 0 Å². The monoisotopic (exact) mass is 1350 g/mol. The molecule has 0 amide bonds. The van der Waals surface area contributed by atoms with Crippen LogP contribution in [0.3, 0.4) is 0 Å². The average Bonchev–Trinajstić information content (AvgIpc) is 0.897. The van der Waals surface area contributed by atoms with Crippen LogP contribution in [0.15, 0.2) is 141 Å². The Balaban J connectivity index is 0.000000661. The van der Waals surface area contributed by atoms with E-state index in [1.165, 1.54) is 116 Å². The topological polar surface area (TPSA) is 148 Å². The molecule has 0 spiro atoms. The molecule has 0 atom stereocenters. The van der Waals surface area contributed by atoms with E-state index >= 15 is 0 Å². The van der Waals surface area contributed by atoms with Crippen LogP contribution in [0, 0.1) is 0 Å². The predicted octanol–water partition coefficient (Wildman–Crippen LogP) is 19.2. The van der Waals surface area contributed by atoms with Gasteiger partial charge in [0, 0.05) is 24.9 Å². The van der Waals surface area contributed by atoms with E-state index in [-0.39, 0.29) is 83.6 Å². The summed E-state index contributed by atoms with van der Waals surface area (Å²) in [7, 11) is 0. The summed E-state index contributed by atoms with van der Waals surface area (Å²) in [6, 6.07) is 36.9. The Morgan fingerprint density at radius 1 is 0.283 bits per heavy atom. The predicted molar refractivity (Wildman–Crippen MR) is 383 cm³/mol. The first-order valence-electron chi connectivity index (χ1n) is 33.7. The first-order valence-corrected chi connectivity index (χ1v) is 33.7. The largest absolute Gasteiger partial charge is 2.00 e. The fourth-order valence-electron chi connectivity index (χ4n) is 9.87. The zero-order valence-corrected chi connectivity index (χ0v) is 66.2. The van der Waals surface area contributed by atoms with E-state index in [0.717, 1.165) is 22.3 Å². The second-order valence-electron chi connectivity index (χ2n) is 27.7. The molecule has 0 aromatic heterocycles. The molecule has 0 heterocycles. The Labute approximate surface area is 584 Å². The molecule has 12 heteroatoms. The SMILES string of the molecule is CC(C)(C)c1cccc(C=Nc2ccccc2N=Cc2cccc(C(C)(C)C)c2[O-])c1[O-].CC(C)(C)c1cccc(C=Nc2ccccc2N=Cc2cccc(C(C)(C)C)c2[O-])c1[O-].CCCCN(CCCC)CCCC.CCCCN(CCCC)CCCC.[Zn+2].[Zn+2]. The van der Waals surface area contributed by atoms with Crippen molar-refractivity contribution < 1.29 is 59.4 Å². The third-order valence-corrected chi connectivity index (χ3v) is 15.5. The molecule has 0 aliphatic heterocycles. The van der Waals surface area contributed by atoms with Gasteiger partial charge in [-0.25, -0.2) is 0 Å². The van der Waals surface area contributed by atoms with Crippen LogP contribution in [0.2, 0.25) is 0 Å². The molecule has 10 nitrogen and oxygen atoms in total. The van der Waals surface area contributed by atoms with Crippen molar-refractivity contribution in [3.8, 4) is 23.0 Å². The molecule has 0 aliphatic rings. The summed E-state index contributed by atoms with van der Waals surface area (Å²) in [6.45, 7) is 45.8. The molecule has 0 aliphatic carbocycles. The summed E-state index contributed by atoms with van der Waals surface area (Å²) >= 11 is 0. The Hall–Kier alpha value is -5.63. The molecule has 6 aromatic carbocycles. The van der Waals surface area contributed by atoms with Crippen molar-refractivity contribution in [1.82, 2.24) is 9.80 Å². The molecule has 6 aromatic rings. The maximum atomic E-state index is 12.8. The van der Waals surface area contributed by atoms with Gasteiger partial charge in [0.05, 0.1) is 22.7 Å². The molecule has 0 saturated heterocycles. The van der Waals surface area contributed by atoms with Crippen LogP contribution in [-0.2, 0) is 60.6 Å². The second kappa shape index (κ2) is 43.4. The van der Waals surface area contributed by atoms with Crippen LogP contribution in [0.1, 0.15) is 246 Å². The van der Waals surface area contributed by atoms with Crippen LogP contribution in [-0.4, -0.2) is 73.9 Å². The van der Waals surface area contributed by atoms with E-state index in [4.69, 9.17) is 0 Å². The second-order valence-corrected chi connectivity index (χ2v) is 27.7. The van der Waals surface area contributed by atoms with Crippen LogP contribution in [0.5, 0.6) is 23.0 Å². The number of hydrogen-bond acceptors (Lipinski definition) is 10. The van der Waals surface area contributed by atoms with Gasteiger partial charge >= 0.3 is 39.0 Å². The molecule has 0 saturated carbocycles. The van der Waals surface area contributed by atoms with Gasteiger partial charge in [0.2, 0.25) is 0 Å². The number of benzene rings is 6. The first kappa shape index (κ1) is 84.4. The van der Waals surface area contributed by atoms with Crippen LogP contribution in [0.4, 0.5) is 22.7 Å². The van der Waals surface area contributed by atoms with Gasteiger partial charge in [0.1, 0.15) is 0 Å². The minimum Gasteiger partial charge on any atom is -0.872 e. The van der Waals surface area contributed by atoms with E-state index in [1.807, 2.05) is 180 Å². The molecular formula is C80H114N6O4Zn2. The summed E-state index contributed by atoms with van der Waals surface area (Å²) in [6.07, 6.45) is 22.5. The minimum absolute atomic E-state index is 0. The summed E-state index contributed by atoms with van der Waals surface area (Å²) in [5.74, 6) is -0.0566. The fourth-order valence-corrected chi connectivity index (χ4v) is 9.87. The number of rotatable bonds is 26. The number of aliphatic imine (C=N–C) groups is 4. The average molecular weight is 1350 g/mol. The summed E-state index contributed by atoms with van der Waals surface area (Å²) in [5, 5.41) is 51.3. The molecule has 0 N–H and O–H groups in total. The zero-order valence-electron chi connectivity index (χ0n) is 60.3. The number of para-hydroxylation sites is 8. The Morgan fingerprint density at radius 2 is 0.457 bits per heavy atom. The Kier molecular flexibility index (Phi) is 39.8. The molecule has 492 valence electrons. The molecule has 0 radical (unpaired) electrons. The molecule has 0 fully saturated rings. The van der Waals surface area contributed by atoms with Crippen molar-refractivity contribution in [3.05, 3.63) is 166 Å². The minimum atomic E-state index is -0.235. The van der Waals surface area contributed by atoms with E-state index in [1.54, 1.807) is 49.1 Å². The van der Waals surface area contributed by atoms with Crippen LogP contribution in [0.25, 0.3) is 0 Å². The van der Waals surface area contributed by atoms with E-state index < -0.39 is 0 Å². The zero-order chi connectivity index (χ0) is 66.9. The third kappa shape index (κ3) is 29.8. The molecule has 0 unspecified atom stereocenters. The molecule has 6 rings (SSSR count). The van der Waals surface area contributed by atoms with Crippen LogP contribution < -0.4 is 20.4 Å². The van der Waals surface area contributed by atoms with Gasteiger partial charge in [0.15, 0.2) is 0 Å². The number of unbranched alkanes of at least 4 members (excludes halogenated alkanes) is 6. The number of hydrogen-bond donors (Lipinski definition) is 0. The van der Waals surface area contributed by atoms with Gasteiger partial charge in [-0.05, 0) is 168 Å². The molecule has 0 bridgehead atoms. The van der Waals surface area contributed by atoms with Gasteiger partial charge in [-0.2, -0.15) is 0 Å². The van der Waals surface area contributed by atoms with Crippen molar-refractivity contribution in [2.75, 3.05) is 39.3 Å². The van der Waals surface area contributed by atoms with Crippen molar-refractivity contribution in [2.45, 2.75) is 223 Å². The first-order chi connectivity index (χ1) is 42.7. The van der Waals surface area contributed by atoms with E-state index in [0.29, 0.717) is 45.0 Å². The van der Waals surface area contributed by atoms with Crippen molar-refractivity contribution in [1.29, 1.82) is 0 Å². The normalized spacial score (nSPS) is 12.0. The van der Waals surface area contributed by atoms with Crippen molar-refractivity contribution in [3.63, 3.8) is 0 Å².